The van der Waals surface area contributed by atoms with Crippen LogP contribution < -0.4 is 11.1 Å². The van der Waals surface area contributed by atoms with Crippen molar-refractivity contribution in [2.45, 2.75) is 12.3 Å². The summed E-state index contributed by atoms with van der Waals surface area (Å²) in [7, 11) is 0. The van der Waals surface area contributed by atoms with Crippen LogP contribution in [0.5, 0.6) is 0 Å². The first kappa shape index (κ1) is 13.4. The number of furan rings is 1. The van der Waals surface area contributed by atoms with Crippen LogP contribution in [0.25, 0.3) is 0 Å². The smallest absolute Gasteiger partial charge is 0.254 e. The van der Waals surface area contributed by atoms with Crippen molar-refractivity contribution in [3.8, 4) is 0 Å². The maximum Gasteiger partial charge on any atom is 0.254 e. The van der Waals surface area contributed by atoms with Crippen LogP contribution in [-0.2, 0) is 4.79 Å². The molecule has 2 rings (SSSR count). The summed E-state index contributed by atoms with van der Waals surface area (Å²) in [5, 5.41) is 4.63. The molecule has 0 spiro atoms. The summed E-state index contributed by atoms with van der Waals surface area (Å²) in [6.45, 7) is 0.384. The summed E-state index contributed by atoms with van der Waals surface area (Å²) in [4.78, 5) is 24.0. The fourth-order valence-electron chi connectivity index (χ4n) is 1.74. The highest BCUT2D eigenvalue weighted by molar-refractivity contribution is 7.10. The Morgan fingerprint density at radius 1 is 1.42 bits per heavy atom. The van der Waals surface area contributed by atoms with E-state index in [0.29, 0.717) is 18.5 Å². The summed E-state index contributed by atoms with van der Waals surface area (Å²) >= 11 is 1.49. The Kier molecular flexibility index (Phi) is 4.35. The molecule has 0 saturated heterocycles. The third-order valence-corrected chi connectivity index (χ3v) is 3.72. The molecule has 0 aromatic carbocycles. The minimum Gasteiger partial charge on any atom is -0.472 e. The summed E-state index contributed by atoms with van der Waals surface area (Å²) in [5.74, 6) is -0.951. The monoisotopic (exact) mass is 278 g/mol. The van der Waals surface area contributed by atoms with Gasteiger partial charge in [0.05, 0.1) is 17.7 Å². The Labute approximate surface area is 114 Å². The molecule has 2 amide bonds. The Hall–Kier alpha value is -2.08. The molecule has 0 radical (unpaired) electrons. The van der Waals surface area contributed by atoms with E-state index in [1.54, 1.807) is 6.07 Å². The zero-order valence-corrected chi connectivity index (χ0v) is 11.0. The van der Waals surface area contributed by atoms with Crippen molar-refractivity contribution in [3.63, 3.8) is 0 Å². The highest BCUT2D eigenvalue weighted by Crippen LogP contribution is 2.23. The minimum atomic E-state index is -0.375. The number of primary amides is 1. The molecular weight excluding hydrogens is 264 g/mol. The van der Waals surface area contributed by atoms with Gasteiger partial charge in [0.1, 0.15) is 6.26 Å². The van der Waals surface area contributed by atoms with Gasteiger partial charge in [-0.1, -0.05) is 6.07 Å². The number of carbonyl (C=O) groups is 2. The van der Waals surface area contributed by atoms with Gasteiger partial charge in [-0.2, -0.15) is 0 Å². The van der Waals surface area contributed by atoms with Crippen molar-refractivity contribution in [1.82, 2.24) is 5.32 Å². The molecule has 3 N–H and O–H groups in total. The number of nitrogens with one attached hydrogen (secondary N) is 1. The Morgan fingerprint density at radius 3 is 2.84 bits per heavy atom. The van der Waals surface area contributed by atoms with E-state index in [4.69, 9.17) is 10.2 Å². The molecule has 100 valence electrons. The highest BCUT2D eigenvalue weighted by atomic mass is 32.1. The van der Waals surface area contributed by atoms with E-state index in [9.17, 15) is 9.59 Å². The maximum absolute atomic E-state index is 11.7. The quantitative estimate of drug-likeness (QED) is 0.843. The van der Waals surface area contributed by atoms with Crippen LogP contribution in [0.3, 0.4) is 0 Å². The van der Waals surface area contributed by atoms with Crippen molar-refractivity contribution < 1.29 is 14.0 Å². The van der Waals surface area contributed by atoms with Crippen LogP contribution in [-0.4, -0.2) is 18.4 Å². The third-order valence-electron chi connectivity index (χ3n) is 2.73. The second kappa shape index (κ2) is 6.19. The van der Waals surface area contributed by atoms with E-state index in [2.05, 4.69) is 5.32 Å². The standard InChI is InChI=1S/C13H14N2O3S/c14-12(16)10(11-2-1-7-19-11)3-5-15-13(17)9-4-6-18-8-9/h1-2,4,6-8,10H,3,5H2,(H2,14,16)(H,15,17). The lowest BCUT2D eigenvalue weighted by atomic mass is 10.0. The number of thiophene rings is 1. The van der Waals surface area contributed by atoms with Crippen LogP contribution in [0, 0.1) is 0 Å². The Morgan fingerprint density at radius 2 is 2.26 bits per heavy atom. The Balaban J connectivity index is 1.87. The molecule has 0 aliphatic heterocycles. The first-order chi connectivity index (χ1) is 9.18. The lowest BCUT2D eigenvalue weighted by Crippen LogP contribution is -2.28. The number of hydrogen-bond acceptors (Lipinski definition) is 4. The van der Waals surface area contributed by atoms with Gasteiger partial charge in [-0.05, 0) is 23.9 Å². The number of hydrogen-bond donors (Lipinski definition) is 2. The van der Waals surface area contributed by atoms with Crippen molar-refractivity contribution >= 4 is 23.2 Å². The third kappa shape index (κ3) is 3.45. The van der Waals surface area contributed by atoms with Gasteiger partial charge < -0.3 is 15.5 Å². The van der Waals surface area contributed by atoms with Crippen LogP contribution in [0.1, 0.15) is 27.6 Å². The first-order valence-electron chi connectivity index (χ1n) is 5.81. The maximum atomic E-state index is 11.7. The zero-order valence-electron chi connectivity index (χ0n) is 10.2. The van der Waals surface area contributed by atoms with Crippen molar-refractivity contribution in [2.75, 3.05) is 6.54 Å². The number of amides is 2. The zero-order chi connectivity index (χ0) is 13.7. The number of carbonyl (C=O) groups excluding carboxylic acids is 2. The predicted octanol–water partition coefficient (Wildman–Crippen LogP) is 1.73. The van der Waals surface area contributed by atoms with Crippen LogP contribution in [0.4, 0.5) is 0 Å². The largest absolute Gasteiger partial charge is 0.472 e. The van der Waals surface area contributed by atoms with Gasteiger partial charge in [-0.15, -0.1) is 11.3 Å². The molecule has 1 unspecified atom stereocenters. The summed E-state index contributed by atoms with van der Waals surface area (Å²) in [5.41, 5.74) is 5.84. The van der Waals surface area contributed by atoms with E-state index in [1.165, 1.54) is 23.9 Å². The fraction of sp³-hybridized carbons (Fsp3) is 0.231. The van der Waals surface area contributed by atoms with Crippen LogP contribution in [0.15, 0.2) is 40.5 Å². The molecular formula is C13H14N2O3S. The van der Waals surface area contributed by atoms with Crippen LogP contribution in [0.2, 0.25) is 0 Å². The lowest BCUT2D eigenvalue weighted by molar-refractivity contribution is -0.119. The van der Waals surface area contributed by atoms with E-state index in [0.717, 1.165) is 4.88 Å². The summed E-state index contributed by atoms with van der Waals surface area (Å²) in [6.07, 6.45) is 3.30. The summed E-state index contributed by atoms with van der Waals surface area (Å²) < 4.78 is 4.83. The van der Waals surface area contributed by atoms with E-state index in [-0.39, 0.29) is 17.7 Å². The molecule has 0 saturated carbocycles. The second-order valence-electron chi connectivity index (χ2n) is 4.03. The summed E-state index contributed by atoms with van der Waals surface area (Å²) in [6, 6.07) is 5.33. The predicted molar refractivity (Wildman–Crippen MR) is 71.9 cm³/mol. The topological polar surface area (TPSA) is 85.3 Å². The van der Waals surface area contributed by atoms with E-state index < -0.39 is 0 Å². The van der Waals surface area contributed by atoms with E-state index in [1.807, 2.05) is 17.5 Å². The molecule has 2 aromatic heterocycles. The SMILES string of the molecule is NC(=O)C(CCNC(=O)c1ccoc1)c1cccs1. The fourth-order valence-corrected chi connectivity index (χ4v) is 2.61. The molecule has 19 heavy (non-hydrogen) atoms. The van der Waals surface area contributed by atoms with Gasteiger partial charge in [0.2, 0.25) is 5.91 Å². The lowest BCUT2D eigenvalue weighted by Gasteiger charge is -2.11. The normalized spacial score (nSPS) is 12.0. The molecule has 2 heterocycles. The first-order valence-corrected chi connectivity index (χ1v) is 6.69. The average molecular weight is 278 g/mol. The average Bonchev–Trinajstić information content (AvgIpc) is 3.05. The number of nitrogens with two attached hydrogens (primary N) is 1. The molecule has 6 heteroatoms. The molecule has 0 aliphatic rings. The molecule has 1 atom stereocenters. The highest BCUT2D eigenvalue weighted by Gasteiger charge is 2.19. The van der Waals surface area contributed by atoms with Gasteiger partial charge in [-0.25, -0.2) is 0 Å². The van der Waals surface area contributed by atoms with Gasteiger partial charge >= 0.3 is 0 Å². The van der Waals surface area contributed by atoms with Crippen molar-refractivity contribution in [3.05, 3.63) is 46.5 Å². The van der Waals surface area contributed by atoms with Gasteiger partial charge in [-0.3, -0.25) is 9.59 Å². The van der Waals surface area contributed by atoms with Crippen LogP contribution >= 0.6 is 11.3 Å². The molecule has 0 bridgehead atoms. The second-order valence-corrected chi connectivity index (χ2v) is 5.01. The molecule has 0 aliphatic carbocycles. The van der Waals surface area contributed by atoms with E-state index >= 15 is 0 Å². The van der Waals surface area contributed by atoms with Gasteiger partial charge in [0.15, 0.2) is 0 Å². The van der Waals surface area contributed by atoms with Crippen molar-refractivity contribution in [1.29, 1.82) is 0 Å². The van der Waals surface area contributed by atoms with Gasteiger partial charge in [0.25, 0.3) is 5.91 Å². The molecule has 2 aromatic rings. The van der Waals surface area contributed by atoms with Gasteiger partial charge in [0, 0.05) is 11.4 Å². The molecule has 0 fully saturated rings. The Bertz CT molecular complexity index is 534. The number of rotatable bonds is 6. The molecule has 5 nitrogen and oxygen atoms in total. The minimum absolute atomic E-state index is 0.219. The van der Waals surface area contributed by atoms with Crippen molar-refractivity contribution in [2.24, 2.45) is 5.73 Å².